The second-order valence-electron chi connectivity index (χ2n) is 9.38. The monoisotopic (exact) mass is 512 g/mol. The highest BCUT2D eigenvalue weighted by Crippen LogP contribution is 2.50. The van der Waals surface area contributed by atoms with Gasteiger partial charge < -0.3 is 14.6 Å². The highest BCUT2D eigenvalue weighted by atomic mass is 35.5. The first-order valence-corrected chi connectivity index (χ1v) is 12.6. The van der Waals surface area contributed by atoms with E-state index in [1.165, 1.54) is 0 Å². The summed E-state index contributed by atoms with van der Waals surface area (Å²) in [5.74, 6) is 0.666. The van der Waals surface area contributed by atoms with Crippen LogP contribution in [0.15, 0.2) is 83.6 Å². The summed E-state index contributed by atoms with van der Waals surface area (Å²) in [6.45, 7) is 2.03. The van der Waals surface area contributed by atoms with Gasteiger partial charge in [-0.3, -0.25) is 15.1 Å². The molecule has 37 heavy (non-hydrogen) atoms. The van der Waals surface area contributed by atoms with Crippen molar-refractivity contribution in [1.29, 1.82) is 5.41 Å². The van der Waals surface area contributed by atoms with Crippen molar-refractivity contribution >= 4 is 34.7 Å². The van der Waals surface area contributed by atoms with Gasteiger partial charge in [0.1, 0.15) is 11.6 Å². The molecule has 0 spiro atoms. The molecule has 0 fully saturated rings. The third-order valence-corrected chi connectivity index (χ3v) is 7.68. The quantitative estimate of drug-likeness (QED) is 0.371. The van der Waals surface area contributed by atoms with Gasteiger partial charge in [-0.15, -0.1) is 0 Å². The number of ether oxygens (including phenoxy) is 2. The molecule has 3 aromatic carbocycles. The molecule has 0 bridgehead atoms. The standard InChI is InChI=1S/C30H25ClN2O4/c1-17-20(31)9-5-10-21(17)33-22-11-6-12-23(34)27(22)26(19-13-14-24-25(15-19)37-16-36-24)28(30(33)32)29(35)18-7-3-2-4-8-18/h2-5,7-10,13-15,26,32,35H,6,11-12,16H2,1H3/b29-28+,32-30?. The van der Waals surface area contributed by atoms with Crippen molar-refractivity contribution in [2.24, 2.45) is 0 Å². The molecule has 0 amide bonds. The molecule has 0 radical (unpaired) electrons. The molecule has 186 valence electrons. The zero-order valence-electron chi connectivity index (χ0n) is 20.3. The molecule has 3 aromatic rings. The summed E-state index contributed by atoms with van der Waals surface area (Å²) in [7, 11) is 0. The Kier molecular flexibility index (Phi) is 5.76. The van der Waals surface area contributed by atoms with Gasteiger partial charge in [-0.2, -0.15) is 0 Å². The number of carbonyl (C=O) groups is 1. The number of hydrogen-bond acceptors (Lipinski definition) is 5. The van der Waals surface area contributed by atoms with Crippen LogP contribution < -0.4 is 14.4 Å². The second kappa shape index (κ2) is 9.12. The molecule has 6 rings (SSSR count). The summed E-state index contributed by atoms with van der Waals surface area (Å²) in [4.78, 5) is 15.4. The summed E-state index contributed by atoms with van der Waals surface area (Å²) in [6, 6.07) is 20.2. The third kappa shape index (κ3) is 3.80. The molecule has 7 heteroatoms. The maximum absolute atomic E-state index is 13.6. The van der Waals surface area contributed by atoms with Crippen molar-refractivity contribution in [3.05, 3.63) is 105 Å². The predicted octanol–water partition coefficient (Wildman–Crippen LogP) is 6.93. The third-order valence-electron chi connectivity index (χ3n) is 7.27. The number of rotatable bonds is 3. The molecular formula is C30H25ClN2O4. The van der Waals surface area contributed by atoms with Gasteiger partial charge in [0, 0.05) is 39.8 Å². The first-order chi connectivity index (χ1) is 18.0. The summed E-state index contributed by atoms with van der Waals surface area (Å²) in [6.07, 6.45) is 1.74. The number of fused-ring (bicyclic) bond motifs is 1. The van der Waals surface area contributed by atoms with E-state index in [9.17, 15) is 15.3 Å². The van der Waals surface area contributed by atoms with Crippen LogP contribution in [0.3, 0.4) is 0 Å². The highest BCUT2D eigenvalue weighted by Gasteiger charge is 2.44. The molecule has 0 saturated heterocycles. The average molecular weight is 513 g/mol. The average Bonchev–Trinajstić information content (AvgIpc) is 3.38. The molecule has 3 aliphatic rings. The second-order valence-corrected chi connectivity index (χ2v) is 9.79. The number of anilines is 1. The first-order valence-electron chi connectivity index (χ1n) is 12.2. The van der Waals surface area contributed by atoms with Crippen LogP contribution in [0.1, 0.15) is 41.9 Å². The van der Waals surface area contributed by atoms with Gasteiger partial charge in [0.2, 0.25) is 6.79 Å². The normalized spacial score (nSPS) is 20.3. The van der Waals surface area contributed by atoms with Crippen molar-refractivity contribution < 1.29 is 19.4 Å². The number of aliphatic hydroxyl groups excluding tert-OH is 1. The number of ketones is 1. The summed E-state index contributed by atoms with van der Waals surface area (Å²) >= 11 is 6.49. The van der Waals surface area contributed by atoms with Crippen LogP contribution in [0.2, 0.25) is 5.02 Å². The zero-order valence-corrected chi connectivity index (χ0v) is 21.0. The molecule has 0 saturated carbocycles. The largest absolute Gasteiger partial charge is 0.507 e. The Balaban J connectivity index is 1.66. The van der Waals surface area contributed by atoms with Crippen molar-refractivity contribution in [3.63, 3.8) is 0 Å². The van der Waals surface area contributed by atoms with E-state index in [4.69, 9.17) is 21.1 Å². The molecule has 1 aliphatic carbocycles. The Bertz CT molecular complexity index is 1510. The Morgan fingerprint density at radius 1 is 1.03 bits per heavy atom. The number of Topliss-reactive ketones (excluding diaryl/α,β-unsaturated/α-hetero) is 1. The number of halogens is 1. The minimum absolute atomic E-state index is 0.0134. The van der Waals surface area contributed by atoms with Gasteiger partial charge in [-0.25, -0.2) is 0 Å². The molecular weight excluding hydrogens is 488 g/mol. The van der Waals surface area contributed by atoms with Gasteiger partial charge in [-0.1, -0.05) is 54.1 Å². The number of nitrogens with zero attached hydrogens (tertiary/aromatic N) is 1. The Morgan fingerprint density at radius 2 is 1.81 bits per heavy atom. The maximum Gasteiger partial charge on any atom is 0.231 e. The summed E-state index contributed by atoms with van der Waals surface area (Å²) in [5, 5.41) is 21.7. The number of amidine groups is 1. The fourth-order valence-electron chi connectivity index (χ4n) is 5.47. The van der Waals surface area contributed by atoms with Crippen LogP contribution in [-0.2, 0) is 4.79 Å². The Labute approximate surface area is 219 Å². The van der Waals surface area contributed by atoms with Gasteiger partial charge in [0.15, 0.2) is 17.3 Å². The van der Waals surface area contributed by atoms with Crippen LogP contribution in [0.5, 0.6) is 11.5 Å². The van der Waals surface area contributed by atoms with Crippen LogP contribution in [0, 0.1) is 12.3 Å². The van der Waals surface area contributed by atoms with Crippen LogP contribution >= 0.6 is 11.6 Å². The molecule has 2 heterocycles. The van der Waals surface area contributed by atoms with E-state index in [-0.39, 0.29) is 24.2 Å². The van der Waals surface area contributed by atoms with Crippen LogP contribution in [-0.4, -0.2) is 23.5 Å². The Morgan fingerprint density at radius 3 is 2.62 bits per heavy atom. The predicted molar refractivity (Wildman–Crippen MR) is 144 cm³/mol. The lowest BCUT2D eigenvalue weighted by Gasteiger charge is -2.42. The minimum Gasteiger partial charge on any atom is -0.507 e. The SMILES string of the molecule is Cc1c(Cl)cccc1N1C(=N)/C(=C(/O)c2ccccc2)C(c2ccc3c(c2)OCO3)C2=C1CCCC2=O. The smallest absolute Gasteiger partial charge is 0.231 e. The molecule has 0 aromatic heterocycles. The van der Waals surface area contributed by atoms with Crippen molar-refractivity contribution in [3.8, 4) is 11.5 Å². The highest BCUT2D eigenvalue weighted by molar-refractivity contribution is 6.32. The van der Waals surface area contributed by atoms with Crippen molar-refractivity contribution in [1.82, 2.24) is 0 Å². The lowest BCUT2D eigenvalue weighted by atomic mass is 9.73. The molecule has 1 atom stereocenters. The van der Waals surface area contributed by atoms with E-state index >= 15 is 0 Å². The number of carbonyl (C=O) groups excluding carboxylic acids is 1. The zero-order chi connectivity index (χ0) is 25.7. The topological polar surface area (TPSA) is 82.9 Å². The molecule has 2 N–H and O–H groups in total. The van der Waals surface area contributed by atoms with E-state index in [2.05, 4.69) is 0 Å². The lowest BCUT2D eigenvalue weighted by Crippen LogP contribution is -2.42. The molecule has 6 nitrogen and oxygen atoms in total. The summed E-state index contributed by atoms with van der Waals surface area (Å²) < 4.78 is 11.1. The fraction of sp³-hybridized carbons (Fsp3) is 0.200. The maximum atomic E-state index is 13.6. The van der Waals surface area contributed by atoms with Crippen LogP contribution in [0.25, 0.3) is 5.76 Å². The number of benzene rings is 3. The summed E-state index contributed by atoms with van der Waals surface area (Å²) in [5.41, 5.74) is 4.59. The van der Waals surface area contributed by atoms with Crippen LogP contribution in [0.4, 0.5) is 5.69 Å². The number of nitrogens with one attached hydrogen (secondary N) is 1. The number of aliphatic hydroxyl groups is 1. The van der Waals surface area contributed by atoms with Crippen molar-refractivity contribution in [2.75, 3.05) is 11.7 Å². The van der Waals surface area contributed by atoms with E-state index < -0.39 is 5.92 Å². The van der Waals surface area contributed by atoms with E-state index in [1.54, 1.807) is 17.0 Å². The molecule has 2 aliphatic heterocycles. The van der Waals surface area contributed by atoms with Crippen molar-refractivity contribution in [2.45, 2.75) is 32.1 Å². The lowest BCUT2D eigenvalue weighted by molar-refractivity contribution is -0.116. The fourth-order valence-corrected chi connectivity index (χ4v) is 5.64. The van der Waals surface area contributed by atoms with Gasteiger partial charge in [-0.05, 0) is 55.2 Å². The van der Waals surface area contributed by atoms with E-state index in [0.717, 1.165) is 22.5 Å². The minimum atomic E-state index is -0.638. The van der Waals surface area contributed by atoms with Gasteiger partial charge in [0.05, 0.1) is 5.69 Å². The van der Waals surface area contributed by atoms with Gasteiger partial charge in [0.25, 0.3) is 0 Å². The number of hydrogen-bond donors (Lipinski definition) is 2. The molecule has 1 unspecified atom stereocenters. The first kappa shape index (κ1) is 23.4. The Hall–Kier alpha value is -4.03. The van der Waals surface area contributed by atoms with E-state index in [0.29, 0.717) is 52.5 Å². The van der Waals surface area contributed by atoms with E-state index in [1.807, 2.05) is 61.5 Å². The number of allylic oxidation sites excluding steroid dienone is 2. The van der Waals surface area contributed by atoms with Gasteiger partial charge >= 0.3 is 0 Å².